The van der Waals surface area contributed by atoms with Gasteiger partial charge in [-0.2, -0.15) is 5.10 Å². The minimum Gasteiger partial charge on any atom is -0.423 e. The average Bonchev–Trinajstić information content (AvgIpc) is 3.33. The summed E-state index contributed by atoms with van der Waals surface area (Å²) < 4.78 is 8.01. The average molecular weight is 738 g/mol. The summed E-state index contributed by atoms with van der Waals surface area (Å²) >= 11 is 14.6. The SMILES string of the molecule is O=C(/C=C/c1ccccc1)Oc1ccc(Br)cc1/C=N\NC(=O)c1ccc(NC(=O)c2sc3cc(Br)ccc3c2Cl)cc1. The topological polar surface area (TPSA) is 96.9 Å². The number of nitrogens with zero attached hydrogens (tertiary/aromatic N) is 1. The van der Waals surface area contributed by atoms with Gasteiger partial charge in [0.2, 0.25) is 0 Å². The maximum atomic E-state index is 12.9. The van der Waals surface area contributed by atoms with Crippen LogP contribution >= 0.6 is 54.8 Å². The van der Waals surface area contributed by atoms with Gasteiger partial charge in [-0.05, 0) is 66.2 Å². The van der Waals surface area contributed by atoms with E-state index in [0.717, 1.165) is 24.6 Å². The van der Waals surface area contributed by atoms with E-state index in [4.69, 9.17) is 16.3 Å². The van der Waals surface area contributed by atoms with E-state index in [0.29, 0.717) is 26.7 Å². The van der Waals surface area contributed by atoms with Crippen LogP contribution in [-0.4, -0.2) is 24.0 Å². The van der Waals surface area contributed by atoms with Crippen LogP contribution in [0.1, 0.15) is 31.2 Å². The lowest BCUT2D eigenvalue weighted by Gasteiger charge is -2.07. The molecule has 0 saturated carbocycles. The molecule has 7 nitrogen and oxygen atoms in total. The molecule has 0 fully saturated rings. The number of esters is 1. The Labute approximate surface area is 272 Å². The monoisotopic (exact) mass is 735 g/mol. The quantitative estimate of drug-likeness (QED) is 0.0548. The Hall–Kier alpha value is -4.09. The molecule has 0 radical (unpaired) electrons. The van der Waals surface area contributed by atoms with Crippen molar-refractivity contribution in [1.29, 1.82) is 0 Å². The Morgan fingerprint density at radius 1 is 0.860 bits per heavy atom. The number of hydrogen-bond donors (Lipinski definition) is 2. The van der Waals surface area contributed by atoms with Crippen molar-refractivity contribution in [2.45, 2.75) is 0 Å². The fraction of sp³-hybridized carbons (Fsp3) is 0. The van der Waals surface area contributed by atoms with E-state index in [1.807, 2.05) is 48.5 Å². The number of rotatable bonds is 8. The largest absolute Gasteiger partial charge is 0.423 e. The third kappa shape index (κ3) is 7.85. The number of carbonyl (C=O) groups is 3. The molecule has 1 heterocycles. The second-order valence-corrected chi connectivity index (χ2v) is 12.2. The van der Waals surface area contributed by atoms with Crippen molar-refractivity contribution in [2.75, 3.05) is 5.32 Å². The lowest BCUT2D eigenvalue weighted by atomic mass is 10.2. The molecule has 0 aliphatic heterocycles. The summed E-state index contributed by atoms with van der Waals surface area (Å²) in [6.07, 6.45) is 4.38. The van der Waals surface area contributed by atoms with Crippen molar-refractivity contribution in [1.82, 2.24) is 5.43 Å². The predicted molar refractivity (Wildman–Crippen MR) is 179 cm³/mol. The maximum absolute atomic E-state index is 12.9. The zero-order chi connectivity index (χ0) is 30.3. The summed E-state index contributed by atoms with van der Waals surface area (Å²) in [4.78, 5) is 38.3. The Morgan fingerprint density at radius 2 is 1.58 bits per heavy atom. The molecule has 4 aromatic carbocycles. The molecule has 0 spiro atoms. The first-order chi connectivity index (χ1) is 20.8. The number of hydrogen-bond acceptors (Lipinski definition) is 6. The Kier molecular flexibility index (Phi) is 9.83. The third-order valence-corrected chi connectivity index (χ3v) is 8.61. The normalized spacial score (nSPS) is 11.2. The summed E-state index contributed by atoms with van der Waals surface area (Å²) in [7, 11) is 0. The molecule has 2 amide bonds. The van der Waals surface area contributed by atoms with E-state index in [1.165, 1.54) is 23.6 Å². The number of anilines is 1. The van der Waals surface area contributed by atoms with Gasteiger partial charge in [0.1, 0.15) is 10.6 Å². The molecule has 2 N–H and O–H groups in total. The third-order valence-electron chi connectivity index (χ3n) is 5.97. The molecule has 43 heavy (non-hydrogen) atoms. The predicted octanol–water partition coefficient (Wildman–Crippen LogP) is 8.71. The van der Waals surface area contributed by atoms with Gasteiger partial charge >= 0.3 is 5.97 Å². The fourth-order valence-corrected chi connectivity index (χ4v) is 6.23. The number of fused-ring (bicyclic) bond motifs is 1. The summed E-state index contributed by atoms with van der Waals surface area (Å²) in [5.74, 6) is -1.09. The molecule has 1 aromatic heterocycles. The highest BCUT2D eigenvalue weighted by atomic mass is 79.9. The second-order valence-electron chi connectivity index (χ2n) is 8.96. The second kappa shape index (κ2) is 13.9. The van der Waals surface area contributed by atoms with E-state index >= 15 is 0 Å². The first-order valence-electron chi connectivity index (χ1n) is 12.6. The lowest BCUT2D eigenvalue weighted by Crippen LogP contribution is -2.18. The molecule has 0 saturated heterocycles. The number of thiophene rings is 1. The van der Waals surface area contributed by atoms with Gasteiger partial charge in [0.25, 0.3) is 11.8 Å². The van der Waals surface area contributed by atoms with Crippen LogP contribution in [0, 0.1) is 0 Å². The number of nitrogens with one attached hydrogen (secondary N) is 2. The van der Waals surface area contributed by atoms with Crippen LogP contribution in [0.3, 0.4) is 0 Å². The van der Waals surface area contributed by atoms with E-state index < -0.39 is 11.9 Å². The number of ether oxygens (including phenoxy) is 1. The van der Waals surface area contributed by atoms with Crippen molar-refractivity contribution < 1.29 is 19.1 Å². The van der Waals surface area contributed by atoms with E-state index in [9.17, 15) is 14.4 Å². The molecule has 0 bridgehead atoms. The maximum Gasteiger partial charge on any atom is 0.336 e. The summed E-state index contributed by atoms with van der Waals surface area (Å²) in [5, 5.41) is 8.04. The van der Waals surface area contributed by atoms with Gasteiger partial charge in [-0.25, -0.2) is 10.2 Å². The number of halogens is 3. The first kappa shape index (κ1) is 30.4. The van der Waals surface area contributed by atoms with E-state index in [-0.39, 0.29) is 11.7 Å². The number of amides is 2. The Morgan fingerprint density at radius 3 is 2.35 bits per heavy atom. The van der Waals surface area contributed by atoms with Crippen LogP contribution in [0.2, 0.25) is 5.02 Å². The molecule has 0 unspecified atom stereocenters. The van der Waals surface area contributed by atoms with Gasteiger partial charge < -0.3 is 10.1 Å². The molecule has 0 aliphatic carbocycles. The van der Waals surface area contributed by atoms with Gasteiger partial charge in [-0.15, -0.1) is 11.3 Å². The Balaban J connectivity index is 1.20. The van der Waals surface area contributed by atoms with Gasteiger partial charge in [-0.3, -0.25) is 9.59 Å². The van der Waals surface area contributed by atoms with Crippen LogP contribution in [0.15, 0.2) is 111 Å². The minimum atomic E-state index is -0.556. The van der Waals surface area contributed by atoms with Crippen LogP contribution in [0.25, 0.3) is 16.2 Å². The first-order valence-corrected chi connectivity index (χ1v) is 15.4. The zero-order valence-electron chi connectivity index (χ0n) is 22.0. The number of hydrazone groups is 1. The molecule has 214 valence electrons. The molecule has 0 aliphatic rings. The van der Waals surface area contributed by atoms with Crippen molar-refractivity contribution in [2.24, 2.45) is 5.10 Å². The molecular formula is C32H20Br2ClN3O4S. The standard InChI is InChI=1S/C32H20Br2ClN3O4S/c33-22-10-14-26(42-28(39)15-6-19-4-2-1-3-5-19)21(16-22)18-36-38-31(40)20-7-11-24(12-8-20)37-32(41)30-29(35)25-13-9-23(34)17-27(25)43-30/h1-18H,(H,37,41)(H,38,40)/b15-6+,36-18-. The van der Waals surface area contributed by atoms with Crippen molar-refractivity contribution in [3.05, 3.63) is 133 Å². The highest BCUT2D eigenvalue weighted by Gasteiger charge is 2.18. The molecule has 5 rings (SSSR count). The van der Waals surface area contributed by atoms with Crippen LogP contribution in [0.4, 0.5) is 5.69 Å². The highest BCUT2D eigenvalue weighted by Crippen LogP contribution is 2.37. The lowest BCUT2D eigenvalue weighted by molar-refractivity contribution is -0.128. The number of benzene rings is 4. The molecule has 11 heteroatoms. The smallest absolute Gasteiger partial charge is 0.336 e. The summed E-state index contributed by atoms with van der Waals surface area (Å²) in [6.45, 7) is 0. The van der Waals surface area contributed by atoms with Crippen LogP contribution in [0.5, 0.6) is 5.75 Å². The van der Waals surface area contributed by atoms with Crippen molar-refractivity contribution in [3.8, 4) is 5.75 Å². The summed E-state index contributed by atoms with van der Waals surface area (Å²) in [6, 6.07) is 26.4. The fourth-order valence-electron chi connectivity index (χ4n) is 3.89. The van der Waals surface area contributed by atoms with Crippen LogP contribution in [-0.2, 0) is 4.79 Å². The van der Waals surface area contributed by atoms with E-state index in [1.54, 1.807) is 48.5 Å². The zero-order valence-corrected chi connectivity index (χ0v) is 26.8. The van der Waals surface area contributed by atoms with Gasteiger partial charge in [0, 0.05) is 41.9 Å². The van der Waals surface area contributed by atoms with Gasteiger partial charge in [-0.1, -0.05) is 79.9 Å². The Bertz CT molecular complexity index is 1890. The summed E-state index contributed by atoms with van der Waals surface area (Å²) in [5.41, 5.74) is 4.63. The van der Waals surface area contributed by atoms with Gasteiger partial charge in [0.05, 0.1) is 11.2 Å². The molecule has 5 aromatic rings. The van der Waals surface area contributed by atoms with E-state index in [2.05, 4.69) is 47.7 Å². The number of carbonyl (C=O) groups excluding carboxylic acids is 3. The van der Waals surface area contributed by atoms with Gasteiger partial charge in [0.15, 0.2) is 0 Å². The van der Waals surface area contributed by atoms with Crippen LogP contribution < -0.4 is 15.5 Å². The molecular weight excluding hydrogens is 718 g/mol. The van der Waals surface area contributed by atoms with Crippen molar-refractivity contribution >= 4 is 101 Å². The molecule has 0 atom stereocenters. The highest BCUT2D eigenvalue weighted by molar-refractivity contribution is 9.10. The minimum absolute atomic E-state index is 0.273. The van der Waals surface area contributed by atoms with Crippen molar-refractivity contribution in [3.63, 3.8) is 0 Å².